The number of benzene rings is 2. The molecule has 0 spiro atoms. The molecule has 2 rings (SSSR count). The lowest BCUT2D eigenvalue weighted by Crippen LogP contribution is -2.35. The van der Waals surface area contributed by atoms with Crippen LogP contribution in [0.3, 0.4) is 0 Å². The standard InChI is InChI=1S/C21H25NO4/c1-16(18-10-12-19(26-2)13-11-18)21(25)22(14-6-9-20(23)24)15-17-7-4-3-5-8-17/h3-5,7-8,10-13,16H,6,9,14-15H2,1-2H3,(H,23,24). The minimum atomic E-state index is -0.847. The molecule has 0 aliphatic heterocycles. The van der Waals surface area contributed by atoms with E-state index in [4.69, 9.17) is 9.84 Å². The highest BCUT2D eigenvalue weighted by Crippen LogP contribution is 2.22. The lowest BCUT2D eigenvalue weighted by Gasteiger charge is -2.26. The van der Waals surface area contributed by atoms with Crippen molar-refractivity contribution in [1.82, 2.24) is 4.90 Å². The average Bonchev–Trinajstić information content (AvgIpc) is 2.66. The Morgan fingerprint density at radius 3 is 2.31 bits per heavy atom. The van der Waals surface area contributed by atoms with Crippen LogP contribution in [0, 0.1) is 0 Å². The van der Waals surface area contributed by atoms with Crippen LogP contribution in [0.2, 0.25) is 0 Å². The van der Waals surface area contributed by atoms with Gasteiger partial charge in [0.25, 0.3) is 0 Å². The van der Waals surface area contributed by atoms with Crippen LogP contribution in [0.5, 0.6) is 5.75 Å². The van der Waals surface area contributed by atoms with E-state index in [9.17, 15) is 9.59 Å². The zero-order valence-corrected chi connectivity index (χ0v) is 15.2. The van der Waals surface area contributed by atoms with Crippen LogP contribution >= 0.6 is 0 Å². The zero-order chi connectivity index (χ0) is 18.9. The third-order valence-electron chi connectivity index (χ3n) is 4.33. The molecule has 0 aliphatic carbocycles. The van der Waals surface area contributed by atoms with Crippen molar-refractivity contribution in [2.45, 2.75) is 32.2 Å². The number of carbonyl (C=O) groups excluding carboxylic acids is 1. The van der Waals surface area contributed by atoms with Crippen LogP contribution in [0.15, 0.2) is 54.6 Å². The third kappa shape index (κ3) is 5.62. The first-order valence-electron chi connectivity index (χ1n) is 8.69. The molecule has 5 heteroatoms. The van der Waals surface area contributed by atoms with E-state index in [-0.39, 0.29) is 18.2 Å². The smallest absolute Gasteiger partial charge is 0.303 e. The number of hydrogen-bond donors (Lipinski definition) is 1. The van der Waals surface area contributed by atoms with Gasteiger partial charge in [-0.25, -0.2) is 0 Å². The lowest BCUT2D eigenvalue weighted by molar-refractivity contribution is -0.138. The summed E-state index contributed by atoms with van der Waals surface area (Å²) in [7, 11) is 1.60. The van der Waals surface area contributed by atoms with Crippen molar-refractivity contribution < 1.29 is 19.4 Å². The van der Waals surface area contributed by atoms with Crippen molar-refractivity contribution in [2.24, 2.45) is 0 Å². The van der Waals surface area contributed by atoms with Gasteiger partial charge < -0.3 is 14.7 Å². The van der Waals surface area contributed by atoms with Crippen molar-refractivity contribution in [3.63, 3.8) is 0 Å². The summed E-state index contributed by atoms with van der Waals surface area (Å²) in [6.07, 6.45) is 0.485. The van der Waals surface area contributed by atoms with Gasteiger partial charge in [0, 0.05) is 19.5 Å². The minimum absolute atomic E-state index is 0.00981. The molecular weight excluding hydrogens is 330 g/mol. The molecule has 1 N–H and O–H groups in total. The Hall–Kier alpha value is -2.82. The maximum atomic E-state index is 13.0. The van der Waals surface area contributed by atoms with E-state index in [0.717, 1.165) is 16.9 Å². The highest BCUT2D eigenvalue weighted by atomic mass is 16.5. The molecule has 0 bridgehead atoms. The fourth-order valence-electron chi connectivity index (χ4n) is 2.80. The number of carbonyl (C=O) groups is 2. The number of carboxylic acid groups (broad SMARTS) is 1. The second kappa shape index (κ2) is 9.61. The maximum Gasteiger partial charge on any atom is 0.303 e. The topological polar surface area (TPSA) is 66.8 Å². The number of carboxylic acids is 1. The summed E-state index contributed by atoms with van der Waals surface area (Å²) in [5.41, 5.74) is 1.94. The molecule has 2 aromatic carbocycles. The summed E-state index contributed by atoms with van der Waals surface area (Å²) >= 11 is 0. The molecule has 0 saturated heterocycles. The number of aliphatic carboxylic acids is 1. The Balaban J connectivity index is 2.12. The van der Waals surface area contributed by atoms with Gasteiger partial charge >= 0.3 is 5.97 Å². The number of amides is 1. The number of nitrogens with zero attached hydrogens (tertiary/aromatic N) is 1. The van der Waals surface area contributed by atoms with Gasteiger partial charge in [0.2, 0.25) is 5.91 Å². The van der Waals surface area contributed by atoms with Gasteiger partial charge in [-0.05, 0) is 36.6 Å². The van der Waals surface area contributed by atoms with Crippen LogP contribution in [0.1, 0.15) is 36.8 Å². The predicted octanol–water partition coefficient (Wildman–Crippen LogP) is 3.69. The second-order valence-corrected chi connectivity index (χ2v) is 6.24. The quantitative estimate of drug-likeness (QED) is 0.745. The van der Waals surface area contributed by atoms with E-state index >= 15 is 0 Å². The Kier molecular flexibility index (Phi) is 7.21. The molecule has 0 radical (unpaired) electrons. The van der Waals surface area contributed by atoms with Crippen LogP contribution in [-0.4, -0.2) is 35.5 Å². The Labute approximate surface area is 154 Å². The molecule has 0 saturated carbocycles. The van der Waals surface area contributed by atoms with E-state index in [0.29, 0.717) is 19.5 Å². The Bertz CT molecular complexity index is 713. The third-order valence-corrected chi connectivity index (χ3v) is 4.33. The van der Waals surface area contributed by atoms with E-state index in [1.165, 1.54) is 0 Å². The van der Waals surface area contributed by atoms with Crippen molar-refractivity contribution in [1.29, 1.82) is 0 Å². The number of methoxy groups -OCH3 is 1. The van der Waals surface area contributed by atoms with Crippen molar-refractivity contribution in [3.8, 4) is 5.75 Å². The van der Waals surface area contributed by atoms with Gasteiger partial charge in [-0.15, -0.1) is 0 Å². The van der Waals surface area contributed by atoms with Gasteiger partial charge in [-0.2, -0.15) is 0 Å². The van der Waals surface area contributed by atoms with Crippen LogP contribution < -0.4 is 4.74 Å². The van der Waals surface area contributed by atoms with Gasteiger partial charge in [0.1, 0.15) is 5.75 Å². The molecule has 0 aromatic heterocycles. The molecular formula is C21H25NO4. The van der Waals surface area contributed by atoms with Crippen LogP contribution in [-0.2, 0) is 16.1 Å². The van der Waals surface area contributed by atoms with E-state index < -0.39 is 5.97 Å². The molecule has 26 heavy (non-hydrogen) atoms. The highest BCUT2D eigenvalue weighted by molar-refractivity contribution is 5.83. The number of hydrogen-bond acceptors (Lipinski definition) is 3. The average molecular weight is 355 g/mol. The van der Waals surface area contributed by atoms with Crippen LogP contribution in [0.25, 0.3) is 0 Å². The first-order valence-corrected chi connectivity index (χ1v) is 8.69. The molecule has 0 heterocycles. The summed E-state index contributed by atoms with van der Waals surface area (Å²) in [4.78, 5) is 25.6. The van der Waals surface area contributed by atoms with Crippen molar-refractivity contribution in [2.75, 3.05) is 13.7 Å². The second-order valence-electron chi connectivity index (χ2n) is 6.24. The van der Waals surface area contributed by atoms with Gasteiger partial charge in [0.15, 0.2) is 0 Å². The molecule has 2 aromatic rings. The molecule has 138 valence electrons. The first kappa shape index (κ1) is 19.5. The molecule has 1 unspecified atom stereocenters. The largest absolute Gasteiger partial charge is 0.497 e. The zero-order valence-electron chi connectivity index (χ0n) is 15.2. The Morgan fingerprint density at radius 1 is 1.08 bits per heavy atom. The maximum absolute atomic E-state index is 13.0. The SMILES string of the molecule is COc1ccc(C(C)C(=O)N(CCCC(=O)O)Cc2ccccc2)cc1. The summed E-state index contributed by atoms with van der Waals surface area (Å²) in [6, 6.07) is 17.2. The van der Waals surface area contributed by atoms with Crippen LogP contribution in [0.4, 0.5) is 0 Å². The van der Waals surface area contributed by atoms with Gasteiger partial charge in [-0.1, -0.05) is 42.5 Å². The van der Waals surface area contributed by atoms with Gasteiger partial charge in [-0.3, -0.25) is 9.59 Å². The van der Waals surface area contributed by atoms with E-state index in [1.54, 1.807) is 12.0 Å². The lowest BCUT2D eigenvalue weighted by atomic mass is 9.99. The first-order chi connectivity index (χ1) is 12.5. The summed E-state index contributed by atoms with van der Waals surface area (Å²) < 4.78 is 5.16. The number of rotatable bonds is 9. The summed E-state index contributed by atoms with van der Waals surface area (Å²) in [6.45, 7) is 2.76. The van der Waals surface area contributed by atoms with Crippen molar-refractivity contribution in [3.05, 3.63) is 65.7 Å². The molecule has 5 nitrogen and oxygen atoms in total. The molecule has 0 fully saturated rings. The highest BCUT2D eigenvalue weighted by Gasteiger charge is 2.22. The minimum Gasteiger partial charge on any atom is -0.497 e. The predicted molar refractivity (Wildman–Crippen MR) is 100 cm³/mol. The normalized spacial score (nSPS) is 11.6. The monoisotopic (exact) mass is 355 g/mol. The summed E-state index contributed by atoms with van der Waals surface area (Å²) in [5.74, 6) is -0.421. The molecule has 0 aliphatic rings. The Morgan fingerprint density at radius 2 is 1.73 bits per heavy atom. The van der Waals surface area contributed by atoms with Crippen molar-refractivity contribution >= 4 is 11.9 Å². The molecule has 1 atom stereocenters. The van der Waals surface area contributed by atoms with E-state index in [1.807, 2.05) is 61.5 Å². The fourth-order valence-corrected chi connectivity index (χ4v) is 2.80. The van der Waals surface area contributed by atoms with E-state index in [2.05, 4.69) is 0 Å². The number of ether oxygens (including phenoxy) is 1. The summed E-state index contributed by atoms with van der Waals surface area (Å²) in [5, 5.41) is 8.88. The fraction of sp³-hybridized carbons (Fsp3) is 0.333. The molecule has 1 amide bonds. The van der Waals surface area contributed by atoms with Gasteiger partial charge in [0.05, 0.1) is 13.0 Å².